The van der Waals surface area contributed by atoms with Crippen LogP contribution in [0.3, 0.4) is 0 Å². The molecular formula is C20H24N2O3. The number of nitrogens with one attached hydrogen (secondary N) is 1. The molecule has 132 valence electrons. The van der Waals surface area contributed by atoms with E-state index in [-0.39, 0.29) is 5.90 Å². The Kier molecular flexibility index (Phi) is 6.57. The van der Waals surface area contributed by atoms with Crippen molar-refractivity contribution >= 4 is 17.7 Å². The standard InChI is InChI=1S/C20H24N2O3/c1-14(2)16-9-11-18(12-10-16)21-20(23)25-19(22-24-4)13-17-8-6-5-7-15(17)3/h5-12,14H,13H2,1-4H3,(H,21,23). The van der Waals surface area contributed by atoms with Gasteiger partial charge < -0.3 is 9.57 Å². The highest BCUT2D eigenvalue weighted by atomic mass is 16.6. The fraction of sp³-hybridized carbons (Fsp3) is 0.300. The van der Waals surface area contributed by atoms with Gasteiger partial charge in [-0.05, 0) is 41.7 Å². The third-order valence-corrected chi connectivity index (χ3v) is 3.83. The molecule has 5 nitrogen and oxygen atoms in total. The molecule has 1 N–H and O–H groups in total. The molecule has 2 aromatic rings. The minimum absolute atomic E-state index is 0.202. The Bertz CT molecular complexity index is 737. The van der Waals surface area contributed by atoms with Crippen molar-refractivity contribution in [1.82, 2.24) is 0 Å². The van der Waals surface area contributed by atoms with Crippen LogP contribution in [0.1, 0.15) is 36.5 Å². The molecule has 0 aliphatic carbocycles. The van der Waals surface area contributed by atoms with Gasteiger partial charge in [0.1, 0.15) is 7.11 Å². The molecule has 0 fully saturated rings. The van der Waals surface area contributed by atoms with Gasteiger partial charge >= 0.3 is 6.09 Å². The Morgan fingerprint density at radius 3 is 2.40 bits per heavy atom. The predicted molar refractivity (Wildman–Crippen MR) is 100.0 cm³/mol. The summed E-state index contributed by atoms with van der Waals surface area (Å²) in [6.07, 6.45) is -0.220. The molecule has 0 aliphatic rings. The third kappa shape index (κ3) is 5.64. The van der Waals surface area contributed by atoms with Crippen LogP contribution in [0.4, 0.5) is 10.5 Å². The third-order valence-electron chi connectivity index (χ3n) is 3.83. The van der Waals surface area contributed by atoms with Crippen LogP contribution in [0, 0.1) is 6.92 Å². The van der Waals surface area contributed by atoms with Gasteiger partial charge in [0.25, 0.3) is 0 Å². The van der Waals surface area contributed by atoms with Crippen molar-refractivity contribution in [1.29, 1.82) is 0 Å². The highest BCUT2D eigenvalue weighted by Crippen LogP contribution is 2.17. The van der Waals surface area contributed by atoms with Gasteiger partial charge in [0.15, 0.2) is 0 Å². The van der Waals surface area contributed by atoms with E-state index in [9.17, 15) is 4.79 Å². The minimum atomic E-state index is -0.596. The highest BCUT2D eigenvalue weighted by Gasteiger charge is 2.12. The van der Waals surface area contributed by atoms with Gasteiger partial charge in [-0.2, -0.15) is 0 Å². The van der Waals surface area contributed by atoms with Crippen LogP contribution in [0.5, 0.6) is 0 Å². The quantitative estimate of drug-likeness (QED) is 0.480. The van der Waals surface area contributed by atoms with Crippen LogP contribution >= 0.6 is 0 Å². The van der Waals surface area contributed by atoms with Crippen LogP contribution in [-0.4, -0.2) is 19.1 Å². The number of hydrogen-bond donors (Lipinski definition) is 1. The average molecular weight is 340 g/mol. The lowest BCUT2D eigenvalue weighted by molar-refractivity contribution is 0.186. The first kappa shape index (κ1) is 18.5. The molecule has 0 aliphatic heterocycles. The van der Waals surface area contributed by atoms with E-state index in [1.54, 1.807) is 0 Å². The second-order valence-corrected chi connectivity index (χ2v) is 6.06. The molecule has 0 bridgehead atoms. The summed E-state index contributed by atoms with van der Waals surface area (Å²) in [7, 11) is 1.42. The topological polar surface area (TPSA) is 59.9 Å². The smallest absolute Gasteiger partial charge is 0.396 e. The monoisotopic (exact) mass is 340 g/mol. The molecule has 0 saturated heterocycles. The van der Waals surface area contributed by atoms with E-state index >= 15 is 0 Å². The number of nitrogens with zero attached hydrogens (tertiary/aromatic N) is 1. The maximum Gasteiger partial charge on any atom is 0.418 e. The Balaban J connectivity index is 2.00. The maximum atomic E-state index is 12.1. The van der Waals surface area contributed by atoms with Gasteiger partial charge in [-0.25, -0.2) is 4.79 Å². The van der Waals surface area contributed by atoms with E-state index in [1.165, 1.54) is 12.7 Å². The lowest BCUT2D eigenvalue weighted by atomic mass is 10.0. The van der Waals surface area contributed by atoms with Crippen LogP contribution in [0.2, 0.25) is 0 Å². The largest absolute Gasteiger partial charge is 0.418 e. The SMILES string of the molecule is CON=C(Cc1ccccc1C)OC(=O)Nc1ccc(C(C)C)cc1. The summed E-state index contributed by atoms with van der Waals surface area (Å²) in [6.45, 7) is 6.24. The molecule has 25 heavy (non-hydrogen) atoms. The van der Waals surface area contributed by atoms with E-state index in [2.05, 4.69) is 24.3 Å². The molecule has 0 spiro atoms. The summed E-state index contributed by atoms with van der Waals surface area (Å²) >= 11 is 0. The molecule has 5 heteroatoms. The summed E-state index contributed by atoms with van der Waals surface area (Å²) < 4.78 is 5.31. The van der Waals surface area contributed by atoms with Gasteiger partial charge in [-0.3, -0.25) is 5.32 Å². The lowest BCUT2D eigenvalue weighted by Crippen LogP contribution is -2.20. The van der Waals surface area contributed by atoms with E-state index in [0.717, 1.165) is 11.1 Å². The van der Waals surface area contributed by atoms with Crippen molar-refractivity contribution < 1.29 is 14.4 Å². The molecule has 0 heterocycles. The fourth-order valence-electron chi connectivity index (χ4n) is 2.36. The van der Waals surface area contributed by atoms with Crippen LogP contribution < -0.4 is 5.32 Å². The fourth-order valence-corrected chi connectivity index (χ4v) is 2.36. The first-order valence-corrected chi connectivity index (χ1v) is 8.23. The van der Waals surface area contributed by atoms with Gasteiger partial charge in [0, 0.05) is 5.69 Å². The lowest BCUT2D eigenvalue weighted by Gasteiger charge is -2.11. The summed E-state index contributed by atoms with van der Waals surface area (Å²) in [5, 5.41) is 6.51. The summed E-state index contributed by atoms with van der Waals surface area (Å²) in [4.78, 5) is 16.9. The zero-order valence-corrected chi connectivity index (χ0v) is 15.1. The number of aryl methyl sites for hydroxylation is 1. The second kappa shape index (κ2) is 8.87. The van der Waals surface area contributed by atoms with E-state index < -0.39 is 6.09 Å². The van der Waals surface area contributed by atoms with Crippen LogP contribution in [0.15, 0.2) is 53.7 Å². The minimum Gasteiger partial charge on any atom is -0.396 e. The molecule has 2 rings (SSSR count). The number of ether oxygens (including phenoxy) is 1. The summed E-state index contributed by atoms with van der Waals surface area (Å²) in [5.74, 6) is 0.642. The Hall–Kier alpha value is -2.82. The molecule has 0 aromatic heterocycles. The number of carbonyl (C=O) groups is 1. The van der Waals surface area contributed by atoms with Crippen molar-refractivity contribution in [2.75, 3.05) is 12.4 Å². The number of amides is 1. The predicted octanol–water partition coefficient (Wildman–Crippen LogP) is 4.87. The average Bonchev–Trinajstić information content (AvgIpc) is 2.57. The van der Waals surface area contributed by atoms with Crippen LogP contribution in [-0.2, 0) is 16.0 Å². The van der Waals surface area contributed by atoms with E-state index in [4.69, 9.17) is 9.57 Å². The number of rotatable bonds is 5. The van der Waals surface area contributed by atoms with Crippen molar-refractivity contribution in [2.24, 2.45) is 5.16 Å². The number of carbonyl (C=O) groups excluding carboxylic acids is 1. The molecule has 0 radical (unpaired) electrons. The van der Waals surface area contributed by atoms with E-state index in [1.807, 2.05) is 55.5 Å². The van der Waals surface area contributed by atoms with Crippen molar-refractivity contribution in [3.63, 3.8) is 0 Å². The number of benzene rings is 2. The molecule has 0 atom stereocenters. The van der Waals surface area contributed by atoms with Crippen molar-refractivity contribution in [3.8, 4) is 0 Å². The number of oxime groups is 1. The Labute approximate surface area is 148 Å². The zero-order valence-electron chi connectivity index (χ0n) is 15.1. The zero-order chi connectivity index (χ0) is 18.2. The first-order chi connectivity index (χ1) is 12.0. The second-order valence-electron chi connectivity index (χ2n) is 6.06. The number of anilines is 1. The molecular weight excluding hydrogens is 316 g/mol. The molecule has 0 unspecified atom stereocenters. The normalized spacial score (nSPS) is 11.3. The summed E-state index contributed by atoms with van der Waals surface area (Å²) in [5.41, 5.74) is 3.99. The van der Waals surface area contributed by atoms with Gasteiger partial charge in [0.2, 0.25) is 5.90 Å². The van der Waals surface area contributed by atoms with Gasteiger partial charge in [-0.15, -0.1) is 0 Å². The molecule has 0 saturated carbocycles. The maximum absolute atomic E-state index is 12.1. The molecule has 1 amide bonds. The highest BCUT2D eigenvalue weighted by molar-refractivity contribution is 5.95. The van der Waals surface area contributed by atoms with Crippen LogP contribution in [0.25, 0.3) is 0 Å². The van der Waals surface area contributed by atoms with Crippen molar-refractivity contribution in [2.45, 2.75) is 33.1 Å². The summed E-state index contributed by atoms with van der Waals surface area (Å²) in [6, 6.07) is 15.5. The molecule has 2 aromatic carbocycles. The number of hydrogen-bond acceptors (Lipinski definition) is 4. The van der Waals surface area contributed by atoms with E-state index in [0.29, 0.717) is 18.0 Å². The Morgan fingerprint density at radius 1 is 1.12 bits per heavy atom. The van der Waals surface area contributed by atoms with Gasteiger partial charge in [0.05, 0.1) is 6.42 Å². The van der Waals surface area contributed by atoms with Crippen molar-refractivity contribution in [3.05, 3.63) is 65.2 Å². The van der Waals surface area contributed by atoms with Gasteiger partial charge in [-0.1, -0.05) is 55.4 Å². The first-order valence-electron chi connectivity index (χ1n) is 8.23. The Morgan fingerprint density at radius 2 is 1.80 bits per heavy atom.